The maximum atomic E-state index is 14.0. The Bertz CT molecular complexity index is 1060. The van der Waals surface area contributed by atoms with Crippen molar-refractivity contribution in [1.29, 1.82) is 0 Å². The van der Waals surface area contributed by atoms with Crippen LogP contribution in [0, 0.1) is 11.7 Å². The summed E-state index contributed by atoms with van der Waals surface area (Å²) in [6.07, 6.45) is 4.95. The fourth-order valence-corrected chi connectivity index (χ4v) is 4.99. The van der Waals surface area contributed by atoms with Gasteiger partial charge in [0.2, 0.25) is 5.95 Å². The zero-order chi connectivity index (χ0) is 21.6. The lowest BCUT2D eigenvalue weighted by molar-refractivity contribution is 0.413. The topological polar surface area (TPSA) is 66.4 Å². The highest BCUT2D eigenvalue weighted by Crippen LogP contribution is 2.42. The van der Waals surface area contributed by atoms with E-state index in [1.54, 1.807) is 12.3 Å². The first-order valence-corrected chi connectivity index (χ1v) is 12.5. The standard InChI is InChI=1S/C21H26ClFN4O2S/c1-13(2)18-12-26(15-6-7-17(23)19(10-15)30(3,28)29)8-9-27(18)21-24-11-16(22)20(25-21)14-4-5-14/h6-7,10-11,13-14,18H,4-5,8-9,12H2,1-3H3/t18-/m0/s1. The number of halogens is 2. The van der Waals surface area contributed by atoms with Gasteiger partial charge in [-0.1, -0.05) is 25.4 Å². The van der Waals surface area contributed by atoms with E-state index < -0.39 is 15.7 Å². The SMILES string of the molecule is CC(C)[C@@H]1CN(c2ccc(F)c(S(C)(=O)=O)c2)CCN1c1ncc(Cl)c(C2CC2)n1. The molecule has 1 saturated heterocycles. The van der Waals surface area contributed by atoms with E-state index >= 15 is 0 Å². The van der Waals surface area contributed by atoms with Gasteiger partial charge < -0.3 is 9.80 Å². The molecule has 1 aliphatic carbocycles. The molecule has 1 aromatic heterocycles. The highest BCUT2D eigenvalue weighted by molar-refractivity contribution is 7.90. The van der Waals surface area contributed by atoms with Gasteiger partial charge in [0.15, 0.2) is 9.84 Å². The van der Waals surface area contributed by atoms with Crippen LogP contribution in [-0.2, 0) is 9.84 Å². The van der Waals surface area contributed by atoms with E-state index in [2.05, 4.69) is 28.6 Å². The van der Waals surface area contributed by atoms with Gasteiger partial charge in [-0.2, -0.15) is 0 Å². The third-order valence-electron chi connectivity index (χ3n) is 5.85. The second kappa shape index (κ2) is 7.96. The van der Waals surface area contributed by atoms with Crippen molar-refractivity contribution in [2.75, 3.05) is 35.7 Å². The number of benzene rings is 1. The van der Waals surface area contributed by atoms with E-state index in [1.807, 2.05) is 0 Å². The van der Waals surface area contributed by atoms with Crippen molar-refractivity contribution in [1.82, 2.24) is 9.97 Å². The van der Waals surface area contributed by atoms with E-state index in [0.717, 1.165) is 24.8 Å². The summed E-state index contributed by atoms with van der Waals surface area (Å²) in [5.41, 5.74) is 1.64. The molecule has 0 radical (unpaired) electrons. The van der Waals surface area contributed by atoms with Gasteiger partial charge in [-0.05, 0) is 37.0 Å². The number of piperazine rings is 1. The minimum Gasteiger partial charge on any atom is -0.368 e. The van der Waals surface area contributed by atoms with Gasteiger partial charge in [0.05, 0.1) is 23.0 Å². The predicted molar refractivity (Wildman–Crippen MR) is 117 cm³/mol. The van der Waals surface area contributed by atoms with Crippen molar-refractivity contribution in [3.05, 3.63) is 40.9 Å². The summed E-state index contributed by atoms with van der Waals surface area (Å²) >= 11 is 6.31. The lowest BCUT2D eigenvalue weighted by Gasteiger charge is -2.44. The molecular formula is C21H26ClFN4O2S. The fraction of sp³-hybridized carbons (Fsp3) is 0.524. The van der Waals surface area contributed by atoms with Gasteiger partial charge in [0.25, 0.3) is 0 Å². The Labute approximate surface area is 182 Å². The summed E-state index contributed by atoms with van der Waals surface area (Å²) in [6, 6.07) is 4.42. The molecule has 0 bridgehead atoms. The van der Waals surface area contributed by atoms with Gasteiger partial charge in [-0.15, -0.1) is 0 Å². The summed E-state index contributed by atoms with van der Waals surface area (Å²) in [5, 5.41) is 0.626. The number of nitrogens with zero attached hydrogens (tertiary/aromatic N) is 4. The summed E-state index contributed by atoms with van der Waals surface area (Å²) in [4.78, 5) is 13.3. The molecule has 4 rings (SSSR count). The third-order valence-corrected chi connectivity index (χ3v) is 7.25. The van der Waals surface area contributed by atoms with Crippen LogP contribution in [0.4, 0.5) is 16.0 Å². The number of sulfone groups is 1. The van der Waals surface area contributed by atoms with Gasteiger partial charge in [0, 0.05) is 37.5 Å². The summed E-state index contributed by atoms with van der Waals surface area (Å²) in [6.45, 7) is 6.29. The molecule has 162 valence electrons. The first kappa shape index (κ1) is 21.3. The molecule has 9 heteroatoms. The van der Waals surface area contributed by atoms with Crippen molar-refractivity contribution in [2.24, 2.45) is 5.92 Å². The molecule has 2 heterocycles. The molecule has 1 aromatic carbocycles. The second-order valence-electron chi connectivity index (χ2n) is 8.52. The van der Waals surface area contributed by atoms with Crippen LogP contribution in [0.5, 0.6) is 0 Å². The van der Waals surface area contributed by atoms with Crippen molar-refractivity contribution in [3.8, 4) is 0 Å². The number of hydrogen-bond acceptors (Lipinski definition) is 6. The van der Waals surface area contributed by atoms with Crippen molar-refractivity contribution in [3.63, 3.8) is 0 Å². The zero-order valence-corrected chi connectivity index (χ0v) is 18.9. The molecule has 30 heavy (non-hydrogen) atoms. The summed E-state index contributed by atoms with van der Waals surface area (Å²) in [7, 11) is -3.63. The van der Waals surface area contributed by atoms with Crippen LogP contribution >= 0.6 is 11.6 Å². The zero-order valence-electron chi connectivity index (χ0n) is 17.3. The van der Waals surface area contributed by atoms with Crippen LogP contribution in [0.15, 0.2) is 29.3 Å². The average Bonchev–Trinajstić information content (AvgIpc) is 3.52. The smallest absolute Gasteiger partial charge is 0.226 e. The van der Waals surface area contributed by atoms with Crippen LogP contribution < -0.4 is 9.80 Å². The lowest BCUT2D eigenvalue weighted by atomic mass is 9.99. The molecule has 6 nitrogen and oxygen atoms in total. The fourth-order valence-electron chi connectivity index (χ4n) is 3.99. The van der Waals surface area contributed by atoms with Crippen LogP contribution in [0.1, 0.15) is 38.3 Å². The Kier molecular flexibility index (Phi) is 5.66. The largest absolute Gasteiger partial charge is 0.368 e. The molecule has 2 aliphatic rings. The van der Waals surface area contributed by atoms with Crippen molar-refractivity contribution >= 4 is 33.1 Å². The van der Waals surface area contributed by atoms with Crippen molar-refractivity contribution < 1.29 is 12.8 Å². The van der Waals surface area contributed by atoms with E-state index in [1.165, 1.54) is 12.1 Å². The number of rotatable bonds is 5. The normalized spacial score (nSPS) is 20.1. The first-order chi connectivity index (χ1) is 14.1. The van der Waals surface area contributed by atoms with Gasteiger partial charge >= 0.3 is 0 Å². The average molecular weight is 453 g/mol. The molecule has 0 N–H and O–H groups in total. The Morgan fingerprint density at radius 1 is 1.23 bits per heavy atom. The predicted octanol–water partition coefficient (Wildman–Crippen LogP) is 3.90. The molecular weight excluding hydrogens is 427 g/mol. The number of aromatic nitrogens is 2. The number of hydrogen-bond donors (Lipinski definition) is 0. The van der Waals surface area contributed by atoms with E-state index in [4.69, 9.17) is 16.6 Å². The minimum atomic E-state index is -3.63. The highest BCUT2D eigenvalue weighted by atomic mass is 35.5. The molecule has 2 aromatic rings. The van der Waals surface area contributed by atoms with Crippen molar-refractivity contribution in [2.45, 2.75) is 43.5 Å². The monoisotopic (exact) mass is 452 g/mol. The Balaban J connectivity index is 1.61. The van der Waals surface area contributed by atoms with Gasteiger partial charge in [0.1, 0.15) is 10.7 Å². The molecule has 1 atom stereocenters. The van der Waals surface area contributed by atoms with Crippen LogP contribution in [0.25, 0.3) is 0 Å². The minimum absolute atomic E-state index is 0.124. The van der Waals surface area contributed by atoms with Gasteiger partial charge in [-0.3, -0.25) is 0 Å². The maximum Gasteiger partial charge on any atom is 0.226 e. The van der Waals surface area contributed by atoms with E-state index in [-0.39, 0.29) is 10.9 Å². The van der Waals surface area contributed by atoms with Crippen LogP contribution in [-0.4, -0.2) is 50.3 Å². The summed E-state index contributed by atoms with van der Waals surface area (Å²) in [5.74, 6) is 0.719. The van der Waals surface area contributed by atoms with E-state index in [0.29, 0.717) is 48.1 Å². The Hall–Kier alpha value is -1.93. The van der Waals surface area contributed by atoms with Gasteiger partial charge in [-0.25, -0.2) is 22.8 Å². The molecule has 2 fully saturated rings. The lowest BCUT2D eigenvalue weighted by Crippen LogP contribution is -2.56. The highest BCUT2D eigenvalue weighted by Gasteiger charge is 2.34. The Morgan fingerprint density at radius 3 is 2.60 bits per heavy atom. The second-order valence-corrected chi connectivity index (χ2v) is 10.9. The van der Waals surface area contributed by atoms with E-state index in [9.17, 15) is 12.8 Å². The molecule has 0 spiro atoms. The molecule has 0 amide bonds. The maximum absolute atomic E-state index is 14.0. The molecule has 1 aliphatic heterocycles. The first-order valence-electron chi connectivity index (χ1n) is 10.2. The van der Waals surface area contributed by atoms with Crippen LogP contribution in [0.2, 0.25) is 5.02 Å². The molecule has 1 saturated carbocycles. The Morgan fingerprint density at radius 2 is 1.97 bits per heavy atom. The molecule has 0 unspecified atom stereocenters. The quantitative estimate of drug-likeness (QED) is 0.685. The summed E-state index contributed by atoms with van der Waals surface area (Å²) < 4.78 is 37.9. The van der Waals surface area contributed by atoms with Crippen LogP contribution in [0.3, 0.4) is 0 Å². The number of anilines is 2. The third kappa shape index (κ3) is 4.25.